The molecule has 0 radical (unpaired) electrons. The van der Waals surface area contributed by atoms with E-state index >= 15 is 0 Å². The van der Waals surface area contributed by atoms with Crippen molar-refractivity contribution in [2.24, 2.45) is 23.7 Å². The first-order chi connectivity index (χ1) is 39.7. The number of ether oxygens (including phenoxy) is 4. The molecule has 492 valence electrons. The molecule has 0 aliphatic heterocycles. The second-order valence-corrected chi connectivity index (χ2v) is 27.5. The predicted octanol–water partition coefficient (Wildman–Crippen LogP) is 17.4. The fraction of sp³-hybridized carbons (Fsp3) is 0.938. The lowest BCUT2D eigenvalue weighted by Crippen LogP contribution is -2.30. The summed E-state index contributed by atoms with van der Waals surface area (Å²) < 4.78 is 68.0. The minimum absolute atomic E-state index is 0.103. The Morgan fingerprint density at radius 3 is 0.855 bits per heavy atom. The number of carbonyl (C=O) groups excluding carboxylic acids is 4. The van der Waals surface area contributed by atoms with E-state index < -0.39 is 97.5 Å². The van der Waals surface area contributed by atoms with Crippen LogP contribution in [-0.2, 0) is 65.4 Å². The van der Waals surface area contributed by atoms with E-state index in [1.807, 2.05) is 0 Å². The van der Waals surface area contributed by atoms with Gasteiger partial charge in [-0.05, 0) is 49.4 Å². The van der Waals surface area contributed by atoms with Crippen LogP contribution in [0.25, 0.3) is 0 Å². The fourth-order valence-electron chi connectivity index (χ4n) is 9.36. The Bertz CT molecular complexity index is 1670. The van der Waals surface area contributed by atoms with Crippen molar-refractivity contribution in [3.63, 3.8) is 0 Å². The van der Waals surface area contributed by atoms with Crippen LogP contribution in [0.4, 0.5) is 0 Å². The lowest BCUT2D eigenvalue weighted by atomic mass is 9.99. The number of hydrogen-bond acceptors (Lipinski definition) is 15. The summed E-state index contributed by atoms with van der Waals surface area (Å²) in [5.74, 6) is 0.781. The Morgan fingerprint density at radius 2 is 0.578 bits per heavy atom. The minimum atomic E-state index is -4.95. The average molecular weight is 1230 g/mol. The van der Waals surface area contributed by atoms with E-state index in [9.17, 15) is 43.2 Å². The molecule has 0 aliphatic rings. The van der Waals surface area contributed by atoms with Crippen molar-refractivity contribution in [1.29, 1.82) is 0 Å². The molecular formula is C64H124O17P2. The third-order valence-corrected chi connectivity index (χ3v) is 17.2. The SMILES string of the molecule is CCC(C)CCCCCCCCCCC(=O)O[C@H](COC(=O)CCCCCCCCCC(C)C)COP(=O)(O)OC[C@@H](O)COP(=O)(O)OC[C@@H](COC(=O)CCCCCCCCC(C)C)OC(=O)CCCCCCCCCCC(C)CC. The van der Waals surface area contributed by atoms with Gasteiger partial charge >= 0.3 is 39.5 Å². The average Bonchev–Trinajstić information content (AvgIpc) is 3.44. The molecule has 0 aromatic carbocycles. The molecular weight excluding hydrogens is 1100 g/mol. The molecule has 0 rings (SSSR count). The third kappa shape index (κ3) is 56.3. The molecule has 7 atom stereocenters. The van der Waals surface area contributed by atoms with Gasteiger partial charge in [-0.1, -0.05) is 254 Å². The van der Waals surface area contributed by atoms with Crippen molar-refractivity contribution >= 4 is 39.5 Å². The Labute approximate surface area is 505 Å². The second-order valence-electron chi connectivity index (χ2n) is 24.6. The lowest BCUT2D eigenvalue weighted by molar-refractivity contribution is -0.161. The molecule has 0 bridgehead atoms. The van der Waals surface area contributed by atoms with Gasteiger partial charge in [-0.25, -0.2) is 9.13 Å². The summed E-state index contributed by atoms with van der Waals surface area (Å²) in [5.41, 5.74) is 0. The molecule has 3 N–H and O–H groups in total. The number of hydrogen-bond donors (Lipinski definition) is 3. The maximum atomic E-state index is 13.0. The summed E-state index contributed by atoms with van der Waals surface area (Å²) in [6.45, 7) is 13.9. The first-order valence-electron chi connectivity index (χ1n) is 33.3. The van der Waals surface area contributed by atoms with Crippen LogP contribution >= 0.6 is 15.6 Å². The van der Waals surface area contributed by atoms with E-state index in [0.29, 0.717) is 37.5 Å². The van der Waals surface area contributed by atoms with Gasteiger partial charge in [-0.3, -0.25) is 37.3 Å². The summed E-state index contributed by atoms with van der Waals surface area (Å²) in [6, 6.07) is 0. The van der Waals surface area contributed by atoms with Crippen molar-refractivity contribution in [3.05, 3.63) is 0 Å². The van der Waals surface area contributed by atoms with Crippen LogP contribution in [0.2, 0.25) is 0 Å². The smallest absolute Gasteiger partial charge is 0.462 e. The number of phosphoric ester groups is 2. The summed E-state index contributed by atoms with van der Waals surface area (Å²) in [5, 5.41) is 10.5. The number of esters is 4. The van der Waals surface area contributed by atoms with Crippen LogP contribution < -0.4 is 0 Å². The normalized spacial score (nSPS) is 15.1. The minimum Gasteiger partial charge on any atom is -0.462 e. The van der Waals surface area contributed by atoms with E-state index in [1.54, 1.807) is 0 Å². The van der Waals surface area contributed by atoms with E-state index in [1.165, 1.54) is 96.3 Å². The predicted molar refractivity (Wildman–Crippen MR) is 331 cm³/mol. The maximum Gasteiger partial charge on any atom is 0.472 e. The van der Waals surface area contributed by atoms with Gasteiger partial charge in [0.1, 0.15) is 19.3 Å². The number of rotatable bonds is 61. The molecule has 0 fully saturated rings. The summed E-state index contributed by atoms with van der Waals surface area (Å²) in [7, 11) is -9.89. The number of phosphoric acid groups is 2. The van der Waals surface area contributed by atoms with Crippen molar-refractivity contribution in [2.75, 3.05) is 39.6 Å². The molecule has 17 nitrogen and oxygen atoms in total. The van der Waals surface area contributed by atoms with Crippen molar-refractivity contribution in [3.8, 4) is 0 Å². The highest BCUT2D eigenvalue weighted by atomic mass is 31.2. The Morgan fingerprint density at radius 1 is 0.337 bits per heavy atom. The van der Waals surface area contributed by atoms with Crippen LogP contribution in [-0.4, -0.2) is 96.7 Å². The van der Waals surface area contributed by atoms with Crippen LogP contribution in [0.3, 0.4) is 0 Å². The first kappa shape index (κ1) is 81.1. The zero-order chi connectivity index (χ0) is 61.8. The maximum absolute atomic E-state index is 13.0. The summed E-state index contributed by atoms with van der Waals surface area (Å²) >= 11 is 0. The standard InChI is InChI=1S/C64H124O17P2/c1-9-56(7)42-34-26-17-11-13-19-30-38-46-63(68)80-59(50-74-61(66)44-36-28-21-15-16-24-32-40-54(3)4)52-78-82(70,71)76-48-58(65)49-77-83(72,73)79-53-60(51-75-62(67)45-37-29-23-22-25-33-41-55(5)6)81-64(69)47-39-31-20-14-12-18-27-35-43-57(8)10-2/h54-60,65H,9-53H2,1-8H3,(H,70,71)(H,72,73)/t56?,57?,58-,59-,60-/m1/s1. The van der Waals surface area contributed by atoms with Gasteiger partial charge < -0.3 is 33.8 Å². The zero-order valence-corrected chi connectivity index (χ0v) is 55.6. The quantitative estimate of drug-likeness (QED) is 0.0222. The molecule has 83 heavy (non-hydrogen) atoms. The van der Waals surface area contributed by atoms with E-state index in [-0.39, 0.29) is 25.7 Å². The molecule has 0 aromatic heterocycles. The van der Waals surface area contributed by atoms with Crippen molar-refractivity contribution in [1.82, 2.24) is 0 Å². The number of carbonyl (C=O) groups is 4. The number of aliphatic hydroxyl groups is 1. The Kier molecular flexibility index (Phi) is 53.0. The fourth-order valence-corrected chi connectivity index (χ4v) is 10.9. The highest BCUT2D eigenvalue weighted by Crippen LogP contribution is 2.45. The molecule has 0 aliphatic carbocycles. The lowest BCUT2D eigenvalue weighted by Gasteiger charge is -2.21. The van der Waals surface area contributed by atoms with Gasteiger partial charge in [-0.2, -0.15) is 0 Å². The van der Waals surface area contributed by atoms with Gasteiger partial charge in [0.15, 0.2) is 12.2 Å². The van der Waals surface area contributed by atoms with Gasteiger partial charge in [0.05, 0.1) is 26.4 Å². The van der Waals surface area contributed by atoms with Crippen LogP contribution in [0.5, 0.6) is 0 Å². The molecule has 19 heteroatoms. The van der Waals surface area contributed by atoms with E-state index in [4.69, 9.17) is 37.0 Å². The van der Waals surface area contributed by atoms with E-state index in [0.717, 1.165) is 115 Å². The van der Waals surface area contributed by atoms with Crippen molar-refractivity contribution < 1.29 is 80.2 Å². The third-order valence-electron chi connectivity index (χ3n) is 15.3. The molecule has 0 heterocycles. The molecule has 0 saturated carbocycles. The number of aliphatic hydroxyl groups excluding tert-OH is 1. The molecule has 4 unspecified atom stereocenters. The molecule has 0 spiro atoms. The van der Waals surface area contributed by atoms with Crippen LogP contribution in [0, 0.1) is 23.7 Å². The molecule has 0 saturated heterocycles. The zero-order valence-electron chi connectivity index (χ0n) is 53.8. The highest BCUT2D eigenvalue weighted by Gasteiger charge is 2.30. The van der Waals surface area contributed by atoms with Crippen LogP contribution in [0.15, 0.2) is 0 Å². The summed E-state index contributed by atoms with van der Waals surface area (Å²) in [4.78, 5) is 72.2. The van der Waals surface area contributed by atoms with Crippen molar-refractivity contribution in [2.45, 2.75) is 324 Å². The van der Waals surface area contributed by atoms with Gasteiger partial charge in [0.2, 0.25) is 0 Å². The van der Waals surface area contributed by atoms with Gasteiger partial charge in [0, 0.05) is 25.7 Å². The topological polar surface area (TPSA) is 237 Å². The first-order valence-corrected chi connectivity index (χ1v) is 36.3. The monoisotopic (exact) mass is 1230 g/mol. The van der Waals surface area contributed by atoms with E-state index in [2.05, 4.69) is 55.4 Å². The van der Waals surface area contributed by atoms with Gasteiger partial charge in [0.25, 0.3) is 0 Å². The second kappa shape index (κ2) is 54.2. The Balaban J connectivity index is 5.27. The van der Waals surface area contributed by atoms with Gasteiger partial charge in [-0.15, -0.1) is 0 Å². The highest BCUT2D eigenvalue weighted by molar-refractivity contribution is 7.47. The molecule has 0 aromatic rings. The summed E-state index contributed by atoms with van der Waals surface area (Å²) in [6.07, 6.45) is 33.6. The number of unbranched alkanes of at least 4 members (excludes halogenated alkanes) is 25. The Hall–Kier alpha value is -1.94. The van der Waals surface area contributed by atoms with Crippen LogP contribution in [0.1, 0.15) is 306 Å². The molecule has 0 amide bonds. The largest absolute Gasteiger partial charge is 0.472 e.